The van der Waals surface area contributed by atoms with Gasteiger partial charge in [0.2, 0.25) is 41.4 Å². The number of anilines is 1. The molecule has 1 saturated heterocycles. The molecule has 8 N–H and O–H groups in total. The van der Waals surface area contributed by atoms with Crippen molar-refractivity contribution in [2.75, 3.05) is 66.4 Å². The number of ether oxygens (including phenoxy) is 4. The highest BCUT2D eigenvalue weighted by Gasteiger charge is 2.45. The summed E-state index contributed by atoms with van der Waals surface area (Å²) in [5.41, 5.74) is 7.14. The second-order valence-electron chi connectivity index (χ2n) is 30.6. The molecular formula is C85H111N13O16S4. The van der Waals surface area contributed by atoms with Crippen LogP contribution >= 0.6 is 47.1 Å². The topological polar surface area (TPSA) is 369 Å². The van der Waals surface area contributed by atoms with Crippen molar-refractivity contribution in [2.24, 2.45) is 35.3 Å². The fraction of sp³-hybridized carbons (Fsp3) is 0.482. The van der Waals surface area contributed by atoms with E-state index in [1.807, 2.05) is 92.9 Å². The number of hydrogen-bond acceptors (Lipinski definition) is 21. The summed E-state index contributed by atoms with van der Waals surface area (Å²) in [6.45, 7) is 15.1. The number of carbonyl (C=O) groups excluding carboxylic acids is 12. The van der Waals surface area contributed by atoms with Crippen LogP contribution in [0, 0.1) is 29.6 Å². The van der Waals surface area contributed by atoms with E-state index in [9.17, 15) is 57.5 Å². The van der Waals surface area contributed by atoms with Crippen molar-refractivity contribution in [1.29, 1.82) is 0 Å². The summed E-state index contributed by atoms with van der Waals surface area (Å²) in [5.74, 6) is -7.76. The lowest BCUT2D eigenvalue weighted by Crippen LogP contribution is -2.60. The highest BCUT2D eigenvalue weighted by atomic mass is 32.2. The van der Waals surface area contributed by atoms with Crippen LogP contribution in [0.4, 0.5) is 15.3 Å². The summed E-state index contributed by atoms with van der Waals surface area (Å²) in [7, 11) is 6.12. The van der Waals surface area contributed by atoms with E-state index in [4.69, 9.17) is 36.9 Å². The van der Waals surface area contributed by atoms with Crippen LogP contribution < -0.4 is 37.6 Å². The molecule has 118 heavy (non-hydrogen) atoms. The number of rotatable bonds is 44. The predicted molar refractivity (Wildman–Crippen MR) is 455 cm³/mol. The Balaban J connectivity index is 0.859. The zero-order valence-corrected chi connectivity index (χ0v) is 72.3. The normalized spacial score (nSPS) is 17.0. The average molecular weight is 1700 g/mol. The molecule has 636 valence electrons. The van der Waals surface area contributed by atoms with E-state index in [0.29, 0.717) is 42.7 Å². The van der Waals surface area contributed by atoms with E-state index >= 15 is 0 Å². The second-order valence-corrected chi connectivity index (χ2v) is 34.1. The number of nitrogens with zero attached hydrogens (tertiary/aromatic N) is 6. The van der Waals surface area contributed by atoms with Crippen LogP contribution in [0.1, 0.15) is 123 Å². The van der Waals surface area contributed by atoms with Gasteiger partial charge < -0.3 is 66.4 Å². The molecule has 3 aliphatic heterocycles. The van der Waals surface area contributed by atoms with Gasteiger partial charge in [0.25, 0.3) is 17.7 Å². The van der Waals surface area contributed by atoms with Crippen molar-refractivity contribution in [2.45, 2.75) is 184 Å². The Morgan fingerprint density at radius 3 is 1.88 bits per heavy atom. The lowest BCUT2D eigenvalue weighted by molar-refractivity contribution is -0.148. The van der Waals surface area contributed by atoms with Gasteiger partial charge in [0.1, 0.15) is 47.4 Å². The van der Waals surface area contributed by atoms with Gasteiger partial charge in [-0.05, 0) is 103 Å². The second kappa shape index (κ2) is 45.3. The van der Waals surface area contributed by atoms with Crippen LogP contribution in [0.2, 0.25) is 0 Å². The van der Waals surface area contributed by atoms with E-state index < -0.39 is 144 Å². The number of benzene rings is 4. The van der Waals surface area contributed by atoms with Gasteiger partial charge in [-0.25, -0.2) is 14.6 Å². The number of carbonyl (C=O) groups is 12. The molecule has 1 fully saturated rings. The van der Waals surface area contributed by atoms with Gasteiger partial charge >= 0.3 is 12.1 Å². The summed E-state index contributed by atoms with van der Waals surface area (Å²) in [5, 5.41) is 19.5. The van der Waals surface area contributed by atoms with Crippen molar-refractivity contribution in [3.05, 3.63) is 165 Å². The highest BCUT2D eigenvalue weighted by Crippen LogP contribution is 2.36. The number of nitrogens with two attached hydrogens (primary N) is 1. The number of primary amides is 1. The Hall–Kier alpha value is -9.90. The van der Waals surface area contributed by atoms with Gasteiger partial charge in [-0.3, -0.25) is 62.6 Å². The van der Waals surface area contributed by atoms with Crippen molar-refractivity contribution in [1.82, 2.24) is 56.1 Å². The molecule has 0 spiro atoms. The summed E-state index contributed by atoms with van der Waals surface area (Å²) < 4.78 is 24.2. The number of thiocarbonyl (C=S) groups is 1. The Morgan fingerprint density at radius 1 is 0.686 bits per heavy atom. The van der Waals surface area contributed by atoms with E-state index in [1.54, 1.807) is 120 Å². The number of thioether (sulfide) groups is 2. The Kier molecular flexibility index (Phi) is 35.9. The van der Waals surface area contributed by atoms with E-state index in [1.165, 1.54) is 59.2 Å². The van der Waals surface area contributed by atoms with E-state index in [2.05, 4.69) is 36.9 Å². The number of methoxy groups -OCH3 is 2. The number of hydrogen-bond donors (Lipinski definition) is 7. The first-order valence-corrected chi connectivity index (χ1v) is 42.6. The minimum Gasteiger partial charge on any atom is -0.445 e. The average Bonchev–Trinajstić information content (AvgIpc) is 1.60. The maximum absolute atomic E-state index is 15.0. The Morgan fingerprint density at radius 2 is 1.30 bits per heavy atom. The number of imide groups is 1. The van der Waals surface area contributed by atoms with Gasteiger partial charge in [-0.15, -0.1) is 11.3 Å². The molecule has 1 aromatic heterocycles. The molecule has 0 aliphatic carbocycles. The molecule has 3 unspecified atom stereocenters. The van der Waals surface area contributed by atoms with Crippen molar-refractivity contribution in [3.8, 4) is 0 Å². The lowest BCUT2D eigenvalue weighted by Gasteiger charge is -2.41. The summed E-state index contributed by atoms with van der Waals surface area (Å²) in [4.78, 5) is 181. The first-order chi connectivity index (χ1) is 56.3. The number of aromatic nitrogens is 1. The molecule has 33 heteroatoms. The molecule has 3 aliphatic rings. The Labute approximate surface area is 708 Å². The fourth-order valence-electron chi connectivity index (χ4n) is 14.5. The van der Waals surface area contributed by atoms with Gasteiger partial charge in [0, 0.05) is 80.6 Å². The smallest absolute Gasteiger partial charge is 0.410 e. The molecule has 29 nitrogen and oxygen atoms in total. The highest BCUT2D eigenvalue weighted by molar-refractivity contribution is 8.05. The molecule has 0 saturated carbocycles. The number of urea groups is 1. The summed E-state index contributed by atoms with van der Waals surface area (Å²) >= 11 is 9.61. The van der Waals surface area contributed by atoms with Crippen LogP contribution in [-0.4, -0.2) is 221 Å². The number of likely N-dealkylation sites (tertiary alicyclic amines) is 1. The standard InChI is InChI=1S/C85H111N13O16S4/c1-14-53(8)74(64(111-12)43-68(100)96-40-25-33-63(96)75(112-13)54(9)76(103)91-62(80-87-39-41-116-80)42-55-26-18-15-19-27-55)94(10)82(108)72(51(4)5)93-79(106)73(52(6)7)95(11)85(110)114-48-56-34-36-57(37-35-56)89-77(104)61(32-24-38-88-84(86)109)90-78(105)71(50(2)3)92-67(99)49-113-58(46-97-69(101)44-65(81(97)107)117-59-28-20-16-21-29-59)47-98-70(102)45-66(83(98)115)118-60-30-22-17-23-31-60/h15-23,26-31,34-37,39,41,44-45,50-54,58,61-64,71-75H,14,24-25,32-33,38,40,42-43,46-49H2,1-13H3,(H,89,104)(H,90,105)(H,91,103)(H,92,99)(H,93,106)(H3,86,88,109)/t53?,54-,58?,61+,62+,63+,64?,71+,72+,73+,74+,75-/m1/s1. The van der Waals surface area contributed by atoms with Gasteiger partial charge in [-0.2, -0.15) is 0 Å². The molecule has 5 aromatic rings. The van der Waals surface area contributed by atoms with Crippen molar-refractivity contribution < 1.29 is 76.5 Å². The summed E-state index contributed by atoms with van der Waals surface area (Å²) in [6, 6.07) is 27.4. The van der Waals surface area contributed by atoms with Gasteiger partial charge in [0.15, 0.2) is 0 Å². The van der Waals surface area contributed by atoms with E-state index in [-0.39, 0.29) is 84.9 Å². The number of likely N-dealkylation sites (N-methyl/N-ethyl adjacent to an activating group) is 2. The van der Waals surface area contributed by atoms with Crippen LogP contribution in [0.25, 0.3) is 0 Å². The molecule has 4 heterocycles. The zero-order valence-electron chi connectivity index (χ0n) is 69.1. The maximum atomic E-state index is 15.0. The van der Waals surface area contributed by atoms with Crippen molar-refractivity contribution >= 4 is 129 Å². The maximum Gasteiger partial charge on any atom is 0.410 e. The lowest BCUT2D eigenvalue weighted by atomic mass is 9.89. The number of thiazole rings is 1. The molecule has 13 amide bonds. The first kappa shape index (κ1) is 93.6. The monoisotopic (exact) mass is 1700 g/mol. The third-order valence-electron chi connectivity index (χ3n) is 21.0. The molecule has 8 rings (SSSR count). The van der Waals surface area contributed by atoms with Gasteiger partial charge in [-0.1, -0.05) is 183 Å². The van der Waals surface area contributed by atoms with Crippen molar-refractivity contribution in [3.63, 3.8) is 0 Å². The quantitative estimate of drug-likeness (QED) is 0.0108. The van der Waals surface area contributed by atoms with Crippen LogP contribution in [0.3, 0.4) is 0 Å². The largest absolute Gasteiger partial charge is 0.445 e. The zero-order chi connectivity index (χ0) is 86.0. The van der Waals surface area contributed by atoms with E-state index in [0.717, 1.165) is 37.0 Å². The summed E-state index contributed by atoms with van der Waals surface area (Å²) in [6.07, 6.45) is 3.35. The molecule has 0 bridgehead atoms. The van der Waals surface area contributed by atoms with Crippen LogP contribution in [0.5, 0.6) is 0 Å². The molecule has 0 radical (unpaired) electrons. The Bertz CT molecular complexity index is 4260. The number of amides is 13. The fourth-order valence-corrected chi connectivity index (χ4v) is 17.3. The molecule has 4 aromatic carbocycles. The minimum atomic E-state index is -1.26. The number of nitrogens with one attached hydrogen (secondary N) is 6. The molecular weight excluding hydrogens is 1590 g/mol. The molecule has 12 atom stereocenters. The van der Waals surface area contributed by atoms with Gasteiger partial charge in [0.05, 0.1) is 71.7 Å². The SMILES string of the molecule is CCC(C)[C@@H](C(CC(=O)N1CCC[C@H]1[C@H](OC)[C@@H](C)C(=O)N[C@@H](Cc1ccccc1)c1nccs1)OC)N(C)C(=O)[C@@H](NC(=O)[C@H](C(C)C)N(C)C(=O)OCc1ccc(NC(=O)[C@H](CCCNC(N)=O)NC(=O)[C@@H](NC(=O)COC(CN2C(=O)C=C(Sc3ccccc3)C2=O)CN2C(=O)C=C(Sc3ccccc3)C2=S)C(C)C)cc1)C(C)C. The first-order valence-electron chi connectivity index (χ1n) is 39.6. The van der Waals surface area contributed by atoms with Crippen LogP contribution in [0.15, 0.2) is 159 Å². The van der Waals surface area contributed by atoms with Crippen LogP contribution in [-0.2, 0) is 79.9 Å². The minimum absolute atomic E-state index is 0.0120. The predicted octanol–water partition coefficient (Wildman–Crippen LogP) is 9.19. The third-order valence-corrected chi connectivity index (χ3v) is 24.5. The third kappa shape index (κ3) is 26.1.